The van der Waals surface area contributed by atoms with Gasteiger partial charge in [0.2, 0.25) is 0 Å². The minimum Gasteiger partial charge on any atom is 0 e. The Morgan fingerprint density at radius 3 is 1.00 bits per heavy atom. The maximum absolute atomic E-state index is 0. The minimum atomic E-state index is 0. The normalized spacial score (nSPS) is 0. The fourth-order valence-electron chi connectivity index (χ4n) is 0. The van der Waals surface area contributed by atoms with Crippen molar-refractivity contribution in [2.75, 3.05) is 0 Å². The summed E-state index contributed by atoms with van der Waals surface area (Å²) >= 11 is 0. The van der Waals surface area contributed by atoms with Crippen LogP contribution in [0.3, 0.4) is 0 Å². The maximum Gasteiger partial charge on any atom is 0 e. The standard InChI is InChI=1S/Cr.Cu.Mn.Zn. The van der Waals surface area contributed by atoms with Gasteiger partial charge in [-0.25, -0.2) is 0 Å². The second-order valence-corrected chi connectivity index (χ2v) is 0. The van der Waals surface area contributed by atoms with Crippen molar-refractivity contribution in [1.29, 1.82) is 0 Å². The molecule has 0 spiro atoms. The molecule has 0 aliphatic heterocycles. The van der Waals surface area contributed by atoms with E-state index in [4.69, 9.17) is 0 Å². The topological polar surface area (TPSA) is 0 Å². The van der Waals surface area contributed by atoms with Gasteiger partial charge < -0.3 is 0 Å². The van der Waals surface area contributed by atoms with Crippen molar-refractivity contribution in [3.05, 3.63) is 0 Å². The van der Waals surface area contributed by atoms with Crippen molar-refractivity contribution in [3.63, 3.8) is 0 Å². The van der Waals surface area contributed by atoms with Gasteiger partial charge in [-0.05, 0) is 0 Å². The molecule has 0 bridgehead atoms. The molecule has 26 valence electrons. The molecule has 0 nitrogen and oxygen atoms in total. The molecular formula is CrCuMnZn. The van der Waals surface area contributed by atoms with Gasteiger partial charge in [0, 0.05) is 71.0 Å². The summed E-state index contributed by atoms with van der Waals surface area (Å²) in [6.07, 6.45) is 0. The molecule has 0 saturated carbocycles. The van der Waals surface area contributed by atoms with Crippen molar-refractivity contribution in [3.8, 4) is 0 Å². The summed E-state index contributed by atoms with van der Waals surface area (Å²) in [6, 6.07) is 0. The molecule has 4 heteroatoms. The summed E-state index contributed by atoms with van der Waals surface area (Å²) in [5.41, 5.74) is 0. The second kappa shape index (κ2) is 19.0. The SMILES string of the molecule is [Cr].[Cu].[Mn].[Zn]. The predicted molar refractivity (Wildman–Crippen MR) is 0 cm³/mol. The van der Waals surface area contributed by atoms with E-state index in [9.17, 15) is 0 Å². The Bertz CT molecular complexity index is 8.00. The van der Waals surface area contributed by atoms with Crippen LogP contribution >= 0.6 is 0 Å². The van der Waals surface area contributed by atoms with Crippen molar-refractivity contribution in [2.24, 2.45) is 0 Å². The van der Waals surface area contributed by atoms with Crippen molar-refractivity contribution >= 4 is 0 Å². The molecule has 0 aromatic heterocycles. The molecule has 0 N–H and O–H groups in total. The van der Waals surface area contributed by atoms with Gasteiger partial charge in [0.05, 0.1) is 0 Å². The van der Waals surface area contributed by atoms with Gasteiger partial charge in [0.25, 0.3) is 0 Å². The van der Waals surface area contributed by atoms with Crippen molar-refractivity contribution in [2.45, 2.75) is 0 Å². The third-order valence-corrected chi connectivity index (χ3v) is 0. The minimum absolute atomic E-state index is 0. The monoisotopic (exact) mass is 234 g/mol. The van der Waals surface area contributed by atoms with Crippen molar-refractivity contribution in [1.82, 2.24) is 0 Å². The van der Waals surface area contributed by atoms with Gasteiger partial charge in [-0.3, -0.25) is 0 Å². The zero-order valence-electron chi connectivity index (χ0n) is 1.79. The quantitative estimate of drug-likeness (QED) is 0.519. The molecule has 0 aliphatic rings. The van der Waals surface area contributed by atoms with Crippen LogP contribution in [-0.2, 0) is 71.0 Å². The summed E-state index contributed by atoms with van der Waals surface area (Å²) < 4.78 is 0. The first-order chi connectivity index (χ1) is 0. The van der Waals surface area contributed by atoms with Crippen LogP contribution in [-0.4, -0.2) is 0 Å². The Kier molecular flexibility index (Phi) is 165. The Morgan fingerprint density at radius 1 is 1.00 bits per heavy atom. The molecule has 4 heavy (non-hydrogen) atoms. The fraction of sp³-hybridized carbons (Fsp3) is 0. The molecule has 0 aromatic carbocycles. The van der Waals surface area contributed by atoms with Gasteiger partial charge in [-0.1, -0.05) is 0 Å². The van der Waals surface area contributed by atoms with Crippen LogP contribution in [0.25, 0.3) is 0 Å². The summed E-state index contributed by atoms with van der Waals surface area (Å²) in [6.45, 7) is 0. The van der Waals surface area contributed by atoms with E-state index in [2.05, 4.69) is 0 Å². The molecule has 0 fully saturated rings. The molecule has 0 amide bonds. The molecule has 0 rings (SSSR count). The van der Waals surface area contributed by atoms with Crippen LogP contribution < -0.4 is 0 Å². The van der Waals surface area contributed by atoms with Gasteiger partial charge in [-0.2, -0.15) is 0 Å². The average molecular weight is 236 g/mol. The summed E-state index contributed by atoms with van der Waals surface area (Å²) in [5.74, 6) is 0. The van der Waals surface area contributed by atoms with Crippen LogP contribution in [0.15, 0.2) is 0 Å². The Labute approximate surface area is 70.3 Å². The molecule has 2 radical (unpaired) electrons. The van der Waals surface area contributed by atoms with Crippen LogP contribution in [0, 0.1) is 0 Å². The Balaban J connectivity index is 0. The molecule has 0 saturated heterocycles. The van der Waals surface area contributed by atoms with Gasteiger partial charge in [0.15, 0.2) is 0 Å². The smallest absolute Gasteiger partial charge is 0 e. The van der Waals surface area contributed by atoms with E-state index in [1.807, 2.05) is 0 Å². The number of hydrogen-bond acceptors (Lipinski definition) is 0. The first-order valence-electron chi connectivity index (χ1n) is 0. The van der Waals surface area contributed by atoms with Crippen LogP contribution in [0.1, 0.15) is 0 Å². The van der Waals surface area contributed by atoms with Gasteiger partial charge >= 0.3 is 0 Å². The Hall–Kier alpha value is 2.19. The summed E-state index contributed by atoms with van der Waals surface area (Å²) in [7, 11) is 0. The Morgan fingerprint density at radius 2 is 1.00 bits per heavy atom. The van der Waals surface area contributed by atoms with Gasteiger partial charge in [0.1, 0.15) is 0 Å². The van der Waals surface area contributed by atoms with E-state index in [0.717, 1.165) is 0 Å². The first kappa shape index (κ1) is 34.7. The van der Waals surface area contributed by atoms with Crippen LogP contribution in [0.4, 0.5) is 0 Å². The molecule has 0 unspecified atom stereocenters. The van der Waals surface area contributed by atoms with E-state index in [0.29, 0.717) is 0 Å². The third-order valence-electron chi connectivity index (χ3n) is 0. The van der Waals surface area contributed by atoms with Gasteiger partial charge in [-0.15, -0.1) is 0 Å². The molecular weight excluding hydrogens is 236 g/mol. The van der Waals surface area contributed by atoms with E-state index in [-0.39, 0.29) is 71.0 Å². The van der Waals surface area contributed by atoms with Crippen LogP contribution in [0.5, 0.6) is 0 Å². The van der Waals surface area contributed by atoms with Crippen LogP contribution in [0.2, 0.25) is 0 Å². The molecule has 0 aromatic rings. The molecule has 0 aliphatic carbocycles. The number of rotatable bonds is 0. The van der Waals surface area contributed by atoms with E-state index in [1.54, 1.807) is 0 Å². The largest absolute Gasteiger partial charge is 0 e. The average Bonchev–Trinajstić information content (AvgIpc) is 0. The van der Waals surface area contributed by atoms with E-state index < -0.39 is 0 Å². The maximum atomic E-state index is 0. The second-order valence-electron chi connectivity index (χ2n) is 0. The predicted octanol–water partition coefficient (Wildman–Crippen LogP) is -0.0100. The summed E-state index contributed by atoms with van der Waals surface area (Å²) in [5, 5.41) is 0. The number of hydrogen-bond donors (Lipinski definition) is 0. The zero-order valence-corrected chi connectivity index (χ0v) is 8.16. The first-order valence-corrected chi connectivity index (χ1v) is 0. The molecule has 0 atom stereocenters. The molecule has 0 heterocycles. The zero-order chi connectivity index (χ0) is 0. The van der Waals surface area contributed by atoms with Crippen molar-refractivity contribution < 1.29 is 71.0 Å². The van der Waals surface area contributed by atoms with E-state index >= 15 is 0 Å². The fourth-order valence-corrected chi connectivity index (χ4v) is 0. The summed E-state index contributed by atoms with van der Waals surface area (Å²) in [4.78, 5) is 0. The van der Waals surface area contributed by atoms with E-state index in [1.165, 1.54) is 0 Å². The third kappa shape index (κ3) is 8.89.